The number of benzene rings is 2. The summed E-state index contributed by atoms with van der Waals surface area (Å²) in [5.74, 6) is -0.359. The summed E-state index contributed by atoms with van der Waals surface area (Å²) in [6, 6.07) is 9.83. The van der Waals surface area contributed by atoms with Crippen molar-refractivity contribution in [3.05, 3.63) is 47.0 Å². The van der Waals surface area contributed by atoms with E-state index in [1.165, 1.54) is 16.5 Å². The number of rotatable bonds is 1. The number of hydrogen-bond acceptors (Lipinski definition) is 2. The minimum absolute atomic E-state index is 0.359. The minimum Gasteiger partial charge on any atom is -0.366 e. The van der Waals surface area contributed by atoms with Gasteiger partial charge in [-0.1, -0.05) is 24.3 Å². The molecule has 0 atom stereocenters. The molecule has 0 radical (unpaired) electrons. The Kier molecular flexibility index (Phi) is 1.94. The molecule has 1 aliphatic rings. The van der Waals surface area contributed by atoms with E-state index in [9.17, 15) is 4.79 Å². The van der Waals surface area contributed by atoms with Crippen molar-refractivity contribution in [3.8, 4) is 0 Å². The molecule has 3 rings (SSSR count). The Balaban J connectivity index is 2.45. The lowest BCUT2D eigenvalue weighted by Gasteiger charge is -2.19. The first-order valence-electron chi connectivity index (χ1n) is 5.31. The van der Waals surface area contributed by atoms with Crippen LogP contribution >= 0.6 is 0 Å². The molecular weight excluding hydrogens is 200 g/mol. The maximum atomic E-state index is 11.4. The summed E-state index contributed by atoms with van der Waals surface area (Å²) in [6.07, 6.45) is 0. The van der Waals surface area contributed by atoms with Crippen LogP contribution in [0.25, 0.3) is 10.8 Å². The lowest BCUT2D eigenvalue weighted by Crippen LogP contribution is -2.20. The highest BCUT2D eigenvalue weighted by Crippen LogP contribution is 2.28. The Labute approximate surface area is 93.3 Å². The molecular formula is C13H12N2O. The number of amides is 1. The van der Waals surface area contributed by atoms with Crippen molar-refractivity contribution < 1.29 is 4.79 Å². The first-order chi connectivity index (χ1) is 7.77. The van der Waals surface area contributed by atoms with Gasteiger partial charge in [-0.05, 0) is 28.0 Å². The molecule has 0 saturated heterocycles. The molecule has 0 bridgehead atoms. The molecule has 3 heteroatoms. The highest BCUT2D eigenvalue weighted by atomic mass is 16.1. The maximum absolute atomic E-state index is 11.4. The van der Waals surface area contributed by atoms with Crippen LogP contribution in [0.2, 0.25) is 0 Å². The zero-order valence-corrected chi connectivity index (χ0v) is 8.79. The van der Waals surface area contributed by atoms with E-state index in [1.807, 2.05) is 24.3 Å². The predicted octanol–water partition coefficient (Wildman–Crippen LogP) is 1.54. The Bertz CT molecular complexity index is 579. The average molecular weight is 212 g/mol. The summed E-state index contributed by atoms with van der Waals surface area (Å²) in [7, 11) is 0. The summed E-state index contributed by atoms with van der Waals surface area (Å²) in [5.41, 5.74) is 8.47. The van der Waals surface area contributed by atoms with Gasteiger partial charge in [0.1, 0.15) is 0 Å². The van der Waals surface area contributed by atoms with Crippen LogP contribution in [0.1, 0.15) is 21.5 Å². The molecule has 80 valence electrons. The van der Waals surface area contributed by atoms with Gasteiger partial charge in [0.05, 0.1) is 0 Å². The van der Waals surface area contributed by atoms with Crippen LogP contribution in [0, 0.1) is 0 Å². The predicted molar refractivity (Wildman–Crippen MR) is 63.0 cm³/mol. The van der Waals surface area contributed by atoms with E-state index in [2.05, 4.69) is 11.4 Å². The number of primary amides is 1. The standard InChI is InChI=1S/C13H12N2O/c14-13(16)11-5-4-9-7-15-6-8-2-1-3-10(11)12(8)9/h1-5,15H,6-7H2,(H2,14,16). The first-order valence-corrected chi connectivity index (χ1v) is 5.31. The van der Waals surface area contributed by atoms with E-state index < -0.39 is 0 Å². The third-order valence-corrected chi connectivity index (χ3v) is 3.11. The van der Waals surface area contributed by atoms with Gasteiger partial charge in [-0.15, -0.1) is 0 Å². The van der Waals surface area contributed by atoms with Gasteiger partial charge < -0.3 is 11.1 Å². The van der Waals surface area contributed by atoms with Crippen molar-refractivity contribution >= 4 is 16.7 Å². The number of carbonyl (C=O) groups excluding carboxylic acids is 1. The quantitative estimate of drug-likeness (QED) is 0.753. The van der Waals surface area contributed by atoms with Gasteiger partial charge in [-0.25, -0.2) is 0 Å². The van der Waals surface area contributed by atoms with Crippen LogP contribution in [-0.4, -0.2) is 5.91 Å². The van der Waals surface area contributed by atoms with Crippen molar-refractivity contribution in [1.82, 2.24) is 5.32 Å². The Morgan fingerprint density at radius 1 is 1.12 bits per heavy atom. The van der Waals surface area contributed by atoms with Crippen molar-refractivity contribution in [2.24, 2.45) is 5.73 Å². The van der Waals surface area contributed by atoms with Gasteiger partial charge in [0.2, 0.25) is 5.91 Å². The second kappa shape index (κ2) is 3.32. The van der Waals surface area contributed by atoms with E-state index in [0.29, 0.717) is 5.56 Å². The van der Waals surface area contributed by atoms with Crippen molar-refractivity contribution in [3.63, 3.8) is 0 Å². The third-order valence-electron chi connectivity index (χ3n) is 3.11. The Morgan fingerprint density at radius 2 is 1.88 bits per heavy atom. The van der Waals surface area contributed by atoms with Gasteiger partial charge >= 0.3 is 0 Å². The highest BCUT2D eigenvalue weighted by molar-refractivity contribution is 6.08. The van der Waals surface area contributed by atoms with Gasteiger partial charge in [0, 0.05) is 18.7 Å². The topological polar surface area (TPSA) is 55.1 Å². The fraction of sp³-hybridized carbons (Fsp3) is 0.154. The van der Waals surface area contributed by atoms with E-state index in [1.54, 1.807) is 0 Å². The van der Waals surface area contributed by atoms with E-state index in [4.69, 9.17) is 5.73 Å². The van der Waals surface area contributed by atoms with Crippen LogP contribution in [0.3, 0.4) is 0 Å². The summed E-state index contributed by atoms with van der Waals surface area (Å²) in [5, 5.41) is 5.50. The van der Waals surface area contributed by atoms with Gasteiger partial charge in [-0.2, -0.15) is 0 Å². The lowest BCUT2D eigenvalue weighted by atomic mass is 9.93. The summed E-state index contributed by atoms with van der Waals surface area (Å²) < 4.78 is 0. The molecule has 1 amide bonds. The number of carbonyl (C=O) groups is 1. The minimum atomic E-state index is -0.359. The van der Waals surface area contributed by atoms with Crippen LogP contribution in [0.5, 0.6) is 0 Å². The molecule has 0 aliphatic carbocycles. The monoisotopic (exact) mass is 212 g/mol. The Hall–Kier alpha value is -1.87. The van der Waals surface area contributed by atoms with Crippen LogP contribution in [0.4, 0.5) is 0 Å². The molecule has 1 aliphatic heterocycles. The number of nitrogens with one attached hydrogen (secondary N) is 1. The molecule has 0 unspecified atom stereocenters. The van der Waals surface area contributed by atoms with Crippen LogP contribution in [-0.2, 0) is 13.1 Å². The molecule has 1 heterocycles. The normalized spacial score (nSPS) is 14.0. The lowest BCUT2D eigenvalue weighted by molar-refractivity contribution is 0.100. The Morgan fingerprint density at radius 3 is 2.62 bits per heavy atom. The second-order valence-electron chi connectivity index (χ2n) is 4.08. The van der Waals surface area contributed by atoms with Crippen molar-refractivity contribution in [1.29, 1.82) is 0 Å². The van der Waals surface area contributed by atoms with E-state index >= 15 is 0 Å². The largest absolute Gasteiger partial charge is 0.366 e. The first kappa shape index (κ1) is 9.36. The SMILES string of the molecule is NC(=O)c1ccc2c3c(cccc13)CNC2. The highest BCUT2D eigenvalue weighted by Gasteiger charge is 2.15. The van der Waals surface area contributed by atoms with Crippen LogP contribution < -0.4 is 11.1 Å². The molecule has 3 nitrogen and oxygen atoms in total. The number of hydrogen-bond donors (Lipinski definition) is 2. The summed E-state index contributed by atoms with van der Waals surface area (Å²) >= 11 is 0. The molecule has 2 aromatic carbocycles. The molecule has 0 aromatic heterocycles. The molecule has 2 aromatic rings. The molecule has 0 spiro atoms. The zero-order chi connectivity index (χ0) is 11.1. The second-order valence-corrected chi connectivity index (χ2v) is 4.08. The summed E-state index contributed by atoms with van der Waals surface area (Å²) in [4.78, 5) is 11.4. The molecule has 3 N–H and O–H groups in total. The maximum Gasteiger partial charge on any atom is 0.249 e. The molecule has 16 heavy (non-hydrogen) atoms. The van der Waals surface area contributed by atoms with Gasteiger partial charge in [-0.3, -0.25) is 4.79 Å². The summed E-state index contributed by atoms with van der Waals surface area (Å²) in [6.45, 7) is 1.71. The third kappa shape index (κ3) is 1.22. The number of nitrogens with two attached hydrogens (primary N) is 1. The van der Waals surface area contributed by atoms with E-state index in [-0.39, 0.29) is 5.91 Å². The fourth-order valence-electron chi connectivity index (χ4n) is 2.40. The smallest absolute Gasteiger partial charge is 0.249 e. The van der Waals surface area contributed by atoms with E-state index in [0.717, 1.165) is 18.5 Å². The molecule has 0 fully saturated rings. The van der Waals surface area contributed by atoms with Gasteiger partial charge in [0.25, 0.3) is 0 Å². The zero-order valence-electron chi connectivity index (χ0n) is 8.79. The van der Waals surface area contributed by atoms with Crippen LogP contribution in [0.15, 0.2) is 30.3 Å². The van der Waals surface area contributed by atoms with Crippen molar-refractivity contribution in [2.75, 3.05) is 0 Å². The average Bonchev–Trinajstić information content (AvgIpc) is 2.30. The fourth-order valence-corrected chi connectivity index (χ4v) is 2.40. The van der Waals surface area contributed by atoms with Crippen molar-refractivity contribution in [2.45, 2.75) is 13.1 Å². The van der Waals surface area contributed by atoms with Gasteiger partial charge in [0.15, 0.2) is 0 Å². The molecule has 0 saturated carbocycles.